The molecule has 0 saturated carbocycles. The van der Waals surface area contributed by atoms with E-state index in [4.69, 9.17) is 4.74 Å². The number of nitro benzene ring substituents is 1. The number of anilines is 2. The Hall–Kier alpha value is -3.86. The summed E-state index contributed by atoms with van der Waals surface area (Å²) in [4.78, 5) is 53.1. The fourth-order valence-electron chi connectivity index (χ4n) is 4.75. The van der Waals surface area contributed by atoms with Gasteiger partial charge in [0.05, 0.1) is 29.9 Å². The number of imide groups is 2. The van der Waals surface area contributed by atoms with Gasteiger partial charge in [0.15, 0.2) is 5.41 Å². The summed E-state index contributed by atoms with van der Waals surface area (Å²) < 4.78 is 19.0. The van der Waals surface area contributed by atoms with Crippen LogP contribution in [0.4, 0.5) is 26.2 Å². The van der Waals surface area contributed by atoms with Gasteiger partial charge in [0.1, 0.15) is 5.82 Å². The van der Waals surface area contributed by atoms with Gasteiger partial charge in [0.2, 0.25) is 5.91 Å². The minimum atomic E-state index is -1.76. The third kappa shape index (κ3) is 2.78. The first-order valence-corrected chi connectivity index (χ1v) is 9.90. The average Bonchev–Trinajstić information content (AvgIpc) is 2.78. The van der Waals surface area contributed by atoms with Gasteiger partial charge in [-0.25, -0.2) is 14.1 Å². The van der Waals surface area contributed by atoms with Crippen LogP contribution >= 0.6 is 0 Å². The highest BCUT2D eigenvalue weighted by Gasteiger charge is 2.63. The van der Waals surface area contributed by atoms with Gasteiger partial charge in [0.25, 0.3) is 11.6 Å². The number of ether oxygens (including phenoxy) is 1. The molecule has 3 aliphatic rings. The zero-order valence-electron chi connectivity index (χ0n) is 16.6. The average molecular weight is 440 g/mol. The van der Waals surface area contributed by atoms with E-state index >= 15 is 0 Å². The Morgan fingerprint density at radius 3 is 2.62 bits per heavy atom. The van der Waals surface area contributed by atoms with Gasteiger partial charge in [0, 0.05) is 30.8 Å². The van der Waals surface area contributed by atoms with Crippen LogP contribution in [0.5, 0.6) is 0 Å². The first-order chi connectivity index (χ1) is 15.3. The second kappa shape index (κ2) is 7.09. The number of amides is 4. The van der Waals surface area contributed by atoms with Crippen LogP contribution < -0.4 is 15.1 Å². The van der Waals surface area contributed by atoms with Crippen LogP contribution in [0.3, 0.4) is 0 Å². The highest BCUT2D eigenvalue weighted by molar-refractivity contribution is 6.30. The van der Waals surface area contributed by atoms with Crippen molar-refractivity contribution in [3.05, 3.63) is 64.0 Å². The predicted octanol–water partition coefficient (Wildman–Crippen LogP) is 1.76. The monoisotopic (exact) mass is 440 g/mol. The molecule has 10 nitrogen and oxygen atoms in total. The first kappa shape index (κ1) is 20.1. The number of morpholine rings is 1. The molecule has 2 saturated heterocycles. The Kier molecular flexibility index (Phi) is 4.45. The lowest BCUT2D eigenvalue weighted by atomic mass is 9.68. The second-order valence-corrected chi connectivity index (χ2v) is 7.88. The number of nitro groups is 1. The summed E-state index contributed by atoms with van der Waals surface area (Å²) in [6.45, 7) is 0.767. The Morgan fingerprint density at radius 1 is 1.16 bits per heavy atom. The van der Waals surface area contributed by atoms with E-state index in [0.29, 0.717) is 24.4 Å². The van der Waals surface area contributed by atoms with Crippen molar-refractivity contribution in [1.29, 1.82) is 0 Å². The van der Waals surface area contributed by atoms with Crippen molar-refractivity contribution >= 4 is 34.9 Å². The molecule has 3 aliphatic heterocycles. The molecule has 1 spiro atoms. The fourth-order valence-corrected chi connectivity index (χ4v) is 4.75. The van der Waals surface area contributed by atoms with E-state index in [1.165, 1.54) is 24.3 Å². The molecule has 4 amide bonds. The third-order valence-corrected chi connectivity index (χ3v) is 6.25. The zero-order chi connectivity index (χ0) is 22.6. The molecule has 2 aromatic carbocycles. The van der Waals surface area contributed by atoms with Crippen molar-refractivity contribution in [3.63, 3.8) is 0 Å². The Balaban J connectivity index is 1.66. The lowest BCUT2D eigenvalue weighted by Gasteiger charge is -2.53. The molecule has 5 rings (SSSR count). The molecule has 164 valence electrons. The molecule has 11 heteroatoms. The largest absolute Gasteiger partial charge is 0.377 e. The maximum absolute atomic E-state index is 13.8. The van der Waals surface area contributed by atoms with Gasteiger partial charge in [-0.15, -0.1) is 0 Å². The number of hydrogen-bond donors (Lipinski definition) is 1. The minimum Gasteiger partial charge on any atom is -0.377 e. The van der Waals surface area contributed by atoms with Crippen LogP contribution in [0.1, 0.15) is 5.56 Å². The number of nitrogens with zero attached hydrogens (tertiary/aromatic N) is 3. The number of nitrogens with one attached hydrogen (secondary N) is 1. The molecule has 0 aromatic heterocycles. The van der Waals surface area contributed by atoms with Crippen LogP contribution in [0.15, 0.2) is 42.5 Å². The number of fused-ring (bicyclic) bond motifs is 4. The Morgan fingerprint density at radius 2 is 1.91 bits per heavy atom. The highest BCUT2D eigenvalue weighted by Crippen LogP contribution is 2.46. The quantitative estimate of drug-likeness (QED) is 0.429. The fraction of sp³-hybridized carbons (Fsp3) is 0.286. The molecule has 2 aromatic rings. The summed E-state index contributed by atoms with van der Waals surface area (Å²) in [5.41, 5.74) is -0.686. The maximum atomic E-state index is 13.8. The van der Waals surface area contributed by atoms with Crippen molar-refractivity contribution in [1.82, 2.24) is 5.32 Å². The van der Waals surface area contributed by atoms with E-state index in [-0.39, 0.29) is 24.4 Å². The maximum Gasteiger partial charge on any atom is 0.335 e. The number of carbonyl (C=O) groups excluding carboxylic acids is 3. The third-order valence-electron chi connectivity index (χ3n) is 6.25. The number of hydrogen-bond acceptors (Lipinski definition) is 7. The number of barbiturate groups is 1. The molecule has 0 radical (unpaired) electrons. The van der Waals surface area contributed by atoms with Gasteiger partial charge in [-0.2, -0.15) is 0 Å². The standard InChI is InChI=1S/C21H17FN4O6/c22-13-1-3-14(4-2-13)25-19(28)21(18(27)23-20(25)29)10-12-9-15(26(30)31)5-6-16(12)24-7-8-32-11-17(21)24/h1-6,9,17H,7-8,10-11H2,(H,23,27,29)/t17-,21-/m0/s1. The lowest BCUT2D eigenvalue weighted by molar-refractivity contribution is -0.384. The van der Waals surface area contributed by atoms with E-state index in [1.54, 1.807) is 6.07 Å². The smallest absolute Gasteiger partial charge is 0.335 e. The van der Waals surface area contributed by atoms with Crippen LogP contribution in [-0.2, 0) is 20.7 Å². The van der Waals surface area contributed by atoms with Gasteiger partial charge in [-0.05, 0) is 35.9 Å². The van der Waals surface area contributed by atoms with E-state index in [2.05, 4.69) is 5.32 Å². The molecule has 0 unspecified atom stereocenters. The normalized spacial score (nSPS) is 24.8. The molecular weight excluding hydrogens is 423 g/mol. The van der Waals surface area contributed by atoms with E-state index in [9.17, 15) is 28.9 Å². The number of carbonyl (C=O) groups is 3. The highest BCUT2D eigenvalue weighted by atomic mass is 19.1. The van der Waals surface area contributed by atoms with Crippen molar-refractivity contribution in [2.75, 3.05) is 29.6 Å². The van der Waals surface area contributed by atoms with Crippen LogP contribution in [0.25, 0.3) is 0 Å². The SMILES string of the molecule is O=C1NC(=O)[C@@]2(Cc3cc([N+](=O)[O-])ccc3N3CCOC[C@H]32)C(=O)N1c1ccc(F)cc1. The van der Waals surface area contributed by atoms with Crippen molar-refractivity contribution in [3.8, 4) is 0 Å². The van der Waals surface area contributed by atoms with Crippen LogP contribution in [0.2, 0.25) is 0 Å². The molecule has 2 atom stereocenters. The predicted molar refractivity (Wildman–Crippen MR) is 109 cm³/mol. The zero-order valence-corrected chi connectivity index (χ0v) is 16.6. The van der Waals surface area contributed by atoms with Gasteiger partial charge in [-0.3, -0.25) is 25.0 Å². The Labute approximate surface area is 180 Å². The molecule has 32 heavy (non-hydrogen) atoms. The van der Waals surface area contributed by atoms with Gasteiger partial charge in [-0.1, -0.05) is 0 Å². The van der Waals surface area contributed by atoms with Crippen molar-refractivity contribution < 1.29 is 28.4 Å². The number of urea groups is 1. The second-order valence-electron chi connectivity index (χ2n) is 7.88. The summed E-state index contributed by atoms with van der Waals surface area (Å²) in [5, 5.41) is 13.6. The molecule has 0 aliphatic carbocycles. The Bertz CT molecular complexity index is 1170. The van der Waals surface area contributed by atoms with E-state index in [1.807, 2.05) is 4.90 Å². The van der Waals surface area contributed by atoms with Crippen LogP contribution in [0, 0.1) is 21.3 Å². The van der Waals surface area contributed by atoms with Gasteiger partial charge < -0.3 is 9.64 Å². The van der Waals surface area contributed by atoms with E-state index < -0.39 is 40.0 Å². The molecular formula is C21H17FN4O6. The van der Waals surface area contributed by atoms with Gasteiger partial charge >= 0.3 is 6.03 Å². The molecule has 3 heterocycles. The van der Waals surface area contributed by atoms with E-state index in [0.717, 1.165) is 17.0 Å². The summed E-state index contributed by atoms with van der Waals surface area (Å²) in [7, 11) is 0. The number of rotatable bonds is 2. The minimum absolute atomic E-state index is 0.0566. The first-order valence-electron chi connectivity index (χ1n) is 9.90. The number of halogens is 1. The lowest BCUT2D eigenvalue weighted by Crippen LogP contribution is -2.74. The molecule has 1 N–H and O–H groups in total. The van der Waals surface area contributed by atoms with Crippen LogP contribution in [-0.4, -0.2) is 48.6 Å². The van der Waals surface area contributed by atoms with Crippen molar-refractivity contribution in [2.24, 2.45) is 5.41 Å². The molecule has 0 bridgehead atoms. The van der Waals surface area contributed by atoms with Crippen molar-refractivity contribution in [2.45, 2.75) is 12.5 Å². The number of non-ortho nitro benzene ring substituents is 1. The summed E-state index contributed by atoms with van der Waals surface area (Å²) in [6.07, 6.45) is -0.149. The molecule has 2 fully saturated rings. The summed E-state index contributed by atoms with van der Waals surface area (Å²) in [5.74, 6) is -2.12. The summed E-state index contributed by atoms with van der Waals surface area (Å²) >= 11 is 0. The number of benzene rings is 2. The topological polar surface area (TPSA) is 122 Å². The summed E-state index contributed by atoms with van der Waals surface area (Å²) in [6, 6.07) is 7.41.